The fourth-order valence-corrected chi connectivity index (χ4v) is 4.64. The number of carbonyl (C=O) groups excluding carboxylic acids is 1. The van der Waals surface area contributed by atoms with E-state index in [0.717, 1.165) is 16.0 Å². The van der Waals surface area contributed by atoms with Crippen LogP contribution in [0.2, 0.25) is 0 Å². The molecule has 0 radical (unpaired) electrons. The number of hydrogen-bond acceptors (Lipinski definition) is 7. The van der Waals surface area contributed by atoms with Crippen LogP contribution in [-0.4, -0.2) is 29.7 Å². The summed E-state index contributed by atoms with van der Waals surface area (Å²) in [5, 5.41) is 0.542. The topological polar surface area (TPSA) is 90.5 Å². The number of esters is 1. The summed E-state index contributed by atoms with van der Waals surface area (Å²) in [4.78, 5) is 34.6. The van der Waals surface area contributed by atoms with Gasteiger partial charge in [-0.25, -0.2) is 9.78 Å². The average Bonchev–Trinajstić information content (AvgIpc) is 3.15. The van der Waals surface area contributed by atoms with Crippen molar-refractivity contribution in [1.29, 1.82) is 0 Å². The molecule has 0 aliphatic carbocycles. The molecule has 0 aliphatic heterocycles. The van der Waals surface area contributed by atoms with Crippen molar-refractivity contribution in [2.75, 3.05) is 13.7 Å². The van der Waals surface area contributed by atoms with Crippen molar-refractivity contribution in [3.05, 3.63) is 86.3 Å². The first kappa shape index (κ1) is 24.2. The van der Waals surface area contributed by atoms with Gasteiger partial charge in [-0.1, -0.05) is 36.4 Å². The minimum atomic E-state index is -0.581. The number of H-pyrrole nitrogens is 1. The Hall–Kier alpha value is -3.91. The molecule has 180 valence electrons. The molecule has 4 aromatic rings. The standard InChI is InChI=1S/C27H26N2O5S/c1-5-33-27(31)20(24-28-25(30)23-16(2)17(3)35-26(23)29-24)13-19-11-12-21(32-4)22(14-19)34-15-18-9-7-6-8-10-18/h6-14H,5,15H2,1-4H3,(H,28,29,30). The Kier molecular flexibility index (Phi) is 7.31. The highest BCUT2D eigenvalue weighted by Gasteiger charge is 2.20. The Morgan fingerprint density at radius 1 is 1.11 bits per heavy atom. The van der Waals surface area contributed by atoms with E-state index < -0.39 is 5.97 Å². The number of aromatic amines is 1. The molecule has 1 N–H and O–H groups in total. The predicted octanol–water partition coefficient (Wildman–Crippen LogP) is 5.29. The molecule has 0 aliphatic rings. The van der Waals surface area contributed by atoms with Gasteiger partial charge in [0, 0.05) is 4.88 Å². The molecule has 0 saturated carbocycles. The number of rotatable bonds is 8. The third-order valence-electron chi connectivity index (χ3n) is 5.53. The van der Waals surface area contributed by atoms with Crippen LogP contribution in [0.15, 0.2) is 53.3 Å². The van der Waals surface area contributed by atoms with Gasteiger partial charge in [-0.2, -0.15) is 0 Å². The van der Waals surface area contributed by atoms with Crippen molar-refractivity contribution < 1.29 is 19.0 Å². The molecule has 0 atom stereocenters. The van der Waals surface area contributed by atoms with E-state index in [2.05, 4.69) is 9.97 Å². The van der Waals surface area contributed by atoms with Crippen LogP contribution in [0, 0.1) is 13.8 Å². The fraction of sp³-hybridized carbons (Fsp3) is 0.222. The Morgan fingerprint density at radius 2 is 1.89 bits per heavy atom. The van der Waals surface area contributed by atoms with Gasteiger partial charge in [0.1, 0.15) is 22.8 Å². The molecule has 0 bridgehead atoms. The lowest BCUT2D eigenvalue weighted by molar-refractivity contribution is -0.136. The van der Waals surface area contributed by atoms with Gasteiger partial charge in [0.25, 0.3) is 5.56 Å². The molecular formula is C27H26N2O5S. The third kappa shape index (κ3) is 5.27. The number of nitrogens with zero attached hydrogens (tertiary/aromatic N) is 1. The molecule has 0 spiro atoms. The number of benzene rings is 2. The summed E-state index contributed by atoms with van der Waals surface area (Å²) in [5.74, 6) is 0.662. The number of fused-ring (bicyclic) bond motifs is 1. The highest BCUT2D eigenvalue weighted by atomic mass is 32.1. The minimum absolute atomic E-state index is 0.147. The molecular weight excluding hydrogens is 464 g/mol. The van der Waals surface area contributed by atoms with Crippen molar-refractivity contribution in [3.8, 4) is 11.5 Å². The van der Waals surface area contributed by atoms with Crippen LogP contribution in [0.3, 0.4) is 0 Å². The lowest BCUT2D eigenvalue weighted by Crippen LogP contribution is -2.15. The summed E-state index contributed by atoms with van der Waals surface area (Å²) >= 11 is 1.42. The first-order chi connectivity index (χ1) is 16.9. The Labute approximate surface area is 207 Å². The summed E-state index contributed by atoms with van der Waals surface area (Å²) < 4.78 is 16.7. The second-order valence-corrected chi connectivity index (χ2v) is 9.04. The summed E-state index contributed by atoms with van der Waals surface area (Å²) in [6.45, 7) is 6.10. The van der Waals surface area contributed by atoms with Gasteiger partial charge in [0.05, 0.1) is 19.1 Å². The number of carbonyl (C=O) groups is 1. The highest BCUT2D eigenvalue weighted by molar-refractivity contribution is 7.18. The monoisotopic (exact) mass is 490 g/mol. The Morgan fingerprint density at radius 3 is 2.60 bits per heavy atom. The van der Waals surface area contributed by atoms with Gasteiger partial charge in [0.2, 0.25) is 0 Å². The van der Waals surface area contributed by atoms with Crippen LogP contribution in [0.4, 0.5) is 0 Å². The SMILES string of the molecule is CCOC(=O)C(=Cc1ccc(OC)c(OCc2ccccc2)c1)c1nc2sc(C)c(C)c2c(=O)[nH]1. The first-order valence-corrected chi connectivity index (χ1v) is 12.0. The van der Waals surface area contributed by atoms with E-state index in [4.69, 9.17) is 14.2 Å². The van der Waals surface area contributed by atoms with Crippen molar-refractivity contribution in [3.63, 3.8) is 0 Å². The number of hydrogen-bond donors (Lipinski definition) is 1. The zero-order valence-electron chi connectivity index (χ0n) is 20.0. The van der Waals surface area contributed by atoms with Gasteiger partial charge in [-0.3, -0.25) is 4.79 Å². The number of thiophene rings is 1. The van der Waals surface area contributed by atoms with Crippen molar-refractivity contribution >= 4 is 39.2 Å². The Bertz CT molecular complexity index is 1450. The summed E-state index contributed by atoms with van der Waals surface area (Å²) in [6, 6.07) is 15.1. The highest BCUT2D eigenvalue weighted by Crippen LogP contribution is 2.31. The lowest BCUT2D eigenvalue weighted by Gasteiger charge is -2.12. The largest absolute Gasteiger partial charge is 0.493 e. The van der Waals surface area contributed by atoms with E-state index >= 15 is 0 Å². The van der Waals surface area contributed by atoms with Crippen LogP contribution in [0.1, 0.15) is 34.3 Å². The average molecular weight is 491 g/mol. The zero-order chi connectivity index (χ0) is 24.9. The fourth-order valence-electron chi connectivity index (χ4n) is 3.61. The van der Waals surface area contributed by atoms with Crippen molar-refractivity contribution in [2.24, 2.45) is 0 Å². The number of ether oxygens (including phenoxy) is 3. The van der Waals surface area contributed by atoms with Gasteiger partial charge in [-0.05, 0) is 55.7 Å². The van der Waals surface area contributed by atoms with Crippen LogP contribution in [0.25, 0.3) is 21.9 Å². The number of aromatic nitrogens is 2. The molecule has 2 heterocycles. The maximum Gasteiger partial charge on any atom is 0.341 e. The van der Waals surface area contributed by atoms with Crippen LogP contribution >= 0.6 is 11.3 Å². The molecule has 35 heavy (non-hydrogen) atoms. The van der Waals surface area contributed by atoms with Gasteiger partial charge >= 0.3 is 5.97 Å². The van der Waals surface area contributed by atoms with Crippen molar-refractivity contribution in [1.82, 2.24) is 9.97 Å². The quantitative estimate of drug-likeness (QED) is 0.267. The number of aryl methyl sites for hydroxylation is 2. The van der Waals surface area contributed by atoms with E-state index in [1.165, 1.54) is 11.3 Å². The summed E-state index contributed by atoms with van der Waals surface area (Å²) in [6.07, 6.45) is 1.63. The molecule has 7 nitrogen and oxygen atoms in total. The predicted molar refractivity (Wildman–Crippen MR) is 138 cm³/mol. The molecule has 0 unspecified atom stereocenters. The van der Waals surface area contributed by atoms with Crippen LogP contribution in [-0.2, 0) is 16.1 Å². The third-order valence-corrected chi connectivity index (χ3v) is 6.63. The number of nitrogens with one attached hydrogen (secondary N) is 1. The molecule has 2 aromatic carbocycles. The van der Waals surface area contributed by atoms with Crippen LogP contribution in [0.5, 0.6) is 11.5 Å². The van der Waals surface area contributed by atoms with E-state index in [0.29, 0.717) is 33.9 Å². The number of methoxy groups -OCH3 is 1. The second-order valence-electron chi connectivity index (χ2n) is 7.84. The lowest BCUT2D eigenvalue weighted by atomic mass is 10.1. The molecule has 4 rings (SSSR count). The molecule has 0 saturated heterocycles. The smallest absolute Gasteiger partial charge is 0.341 e. The van der Waals surface area contributed by atoms with Crippen molar-refractivity contribution in [2.45, 2.75) is 27.4 Å². The summed E-state index contributed by atoms with van der Waals surface area (Å²) in [7, 11) is 1.57. The zero-order valence-corrected chi connectivity index (χ0v) is 20.8. The van der Waals surface area contributed by atoms with E-state index in [1.807, 2.05) is 44.2 Å². The molecule has 8 heteroatoms. The van der Waals surface area contributed by atoms with Crippen LogP contribution < -0.4 is 15.0 Å². The maximum atomic E-state index is 12.9. The molecule has 0 fully saturated rings. The Balaban J connectivity index is 1.76. The summed E-state index contributed by atoms with van der Waals surface area (Å²) in [5.41, 5.74) is 2.43. The molecule has 2 aromatic heterocycles. The minimum Gasteiger partial charge on any atom is -0.493 e. The van der Waals surface area contributed by atoms with E-state index in [1.54, 1.807) is 38.3 Å². The normalized spacial score (nSPS) is 11.5. The first-order valence-electron chi connectivity index (χ1n) is 11.1. The van der Waals surface area contributed by atoms with Gasteiger partial charge in [-0.15, -0.1) is 11.3 Å². The van der Waals surface area contributed by atoms with E-state index in [9.17, 15) is 9.59 Å². The van der Waals surface area contributed by atoms with Gasteiger partial charge in [0.15, 0.2) is 11.5 Å². The molecule has 0 amide bonds. The van der Waals surface area contributed by atoms with E-state index in [-0.39, 0.29) is 23.6 Å². The van der Waals surface area contributed by atoms with Gasteiger partial charge < -0.3 is 19.2 Å². The maximum absolute atomic E-state index is 12.9. The second kappa shape index (κ2) is 10.6.